The number of phenolic OH excluding ortho intramolecular Hbond substituents is 1. The maximum absolute atomic E-state index is 10.5. The molecule has 2 rings (SSSR count). The van der Waals surface area contributed by atoms with Crippen LogP contribution in [0.5, 0.6) is 5.75 Å². The Hall–Kier alpha value is -1.62. The van der Waals surface area contributed by atoms with Crippen molar-refractivity contribution in [3.8, 4) is 5.75 Å². The minimum absolute atomic E-state index is 0.0143. The molecule has 1 saturated carbocycles. The second-order valence-corrected chi connectivity index (χ2v) is 3.73. The number of aromatic hydroxyl groups is 1. The van der Waals surface area contributed by atoms with Gasteiger partial charge >= 0.3 is 0 Å². The number of nitro benzene ring substituents is 1. The van der Waals surface area contributed by atoms with Gasteiger partial charge in [-0.2, -0.15) is 0 Å². The van der Waals surface area contributed by atoms with Crippen molar-refractivity contribution in [3.63, 3.8) is 0 Å². The molecule has 0 amide bonds. The average molecular weight is 208 g/mol. The van der Waals surface area contributed by atoms with E-state index in [-0.39, 0.29) is 11.4 Å². The number of hydrogen-bond acceptors (Lipinski definition) is 4. The molecule has 2 N–H and O–H groups in total. The first kappa shape index (κ1) is 9.92. The van der Waals surface area contributed by atoms with Crippen molar-refractivity contribution < 1.29 is 10.0 Å². The Morgan fingerprint density at radius 2 is 2.27 bits per heavy atom. The van der Waals surface area contributed by atoms with Gasteiger partial charge in [0.25, 0.3) is 5.69 Å². The van der Waals surface area contributed by atoms with Crippen LogP contribution in [0.2, 0.25) is 0 Å². The first-order chi connectivity index (χ1) is 7.16. The standard InChI is InChI=1S/C10H12N2O3/c13-10-4-3-9(12(14)15)5-7(10)6-11-8-1-2-8/h3-5,8,11,13H,1-2,6H2. The van der Waals surface area contributed by atoms with E-state index in [9.17, 15) is 15.2 Å². The summed E-state index contributed by atoms with van der Waals surface area (Å²) in [4.78, 5) is 10.1. The highest BCUT2D eigenvalue weighted by atomic mass is 16.6. The highest BCUT2D eigenvalue weighted by Crippen LogP contribution is 2.25. The van der Waals surface area contributed by atoms with Crippen LogP contribution < -0.4 is 5.32 Å². The Balaban J connectivity index is 2.12. The summed E-state index contributed by atoms with van der Waals surface area (Å²) in [6.07, 6.45) is 2.30. The molecule has 0 radical (unpaired) electrons. The molecule has 80 valence electrons. The fraction of sp³-hybridized carbons (Fsp3) is 0.400. The average Bonchev–Trinajstić information content (AvgIpc) is 3.00. The van der Waals surface area contributed by atoms with Gasteiger partial charge in [0.15, 0.2) is 0 Å². The number of non-ortho nitro benzene ring substituents is 1. The zero-order valence-corrected chi connectivity index (χ0v) is 8.14. The van der Waals surface area contributed by atoms with Crippen LogP contribution >= 0.6 is 0 Å². The van der Waals surface area contributed by atoms with Crippen LogP contribution in [0.3, 0.4) is 0 Å². The number of nitrogens with one attached hydrogen (secondary N) is 1. The summed E-state index contributed by atoms with van der Waals surface area (Å²) >= 11 is 0. The van der Waals surface area contributed by atoms with Gasteiger partial charge in [0.2, 0.25) is 0 Å². The number of rotatable bonds is 4. The maximum atomic E-state index is 10.5. The third kappa shape index (κ3) is 2.44. The van der Waals surface area contributed by atoms with E-state index in [4.69, 9.17) is 0 Å². The lowest BCUT2D eigenvalue weighted by atomic mass is 10.2. The van der Waals surface area contributed by atoms with E-state index >= 15 is 0 Å². The Morgan fingerprint density at radius 1 is 1.53 bits per heavy atom. The second-order valence-electron chi connectivity index (χ2n) is 3.73. The molecule has 1 aliphatic rings. The van der Waals surface area contributed by atoms with Crippen LogP contribution in [0.15, 0.2) is 18.2 Å². The Kier molecular flexibility index (Phi) is 2.55. The van der Waals surface area contributed by atoms with Crippen LogP contribution in [-0.4, -0.2) is 16.1 Å². The summed E-state index contributed by atoms with van der Waals surface area (Å²) < 4.78 is 0. The van der Waals surface area contributed by atoms with Crippen molar-refractivity contribution >= 4 is 5.69 Å². The van der Waals surface area contributed by atoms with Crippen molar-refractivity contribution in [3.05, 3.63) is 33.9 Å². The quantitative estimate of drug-likeness (QED) is 0.581. The largest absolute Gasteiger partial charge is 0.508 e. The van der Waals surface area contributed by atoms with Crippen LogP contribution in [0.4, 0.5) is 5.69 Å². The predicted molar refractivity (Wildman–Crippen MR) is 54.6 cm³/mol. The number of phenols is 1. The van der Waals surface area contributed by atoms with Crippen LogP contribution in [0.1, 0.15) is 18.4 Å². The van der Waals surface area contributed by atoms with Crippen molar-refractivity contribution in [2.75, 3.05) is 0 Å². The van der Waals surface area contributed by atoms with Gasteiger partial charge in [-0.3, -0.25) is 10.1 Å². The van der Waals surface area contributed by atoms with Gasteiger partial charge in [0, 0.05) is 30.3 Å². The lowest BCUT2D eigenvalue weighted by Crippen LogP contribution is -2.15. The number of hydrogen-bond donors (Lipinski definition) is 2. The predicted octanol–water partition coefficient (Wildman–Crippen LogP) is 1.55. The molecular weight excluding hydrogens is 196 g/mol. The van der Waals surface area contributed by atoms with Crippen molar-refractivity contribution in [2.24, 2.45) is 0 Å². The third-order valence-corrected chi connectivity index (χ3v) is 2.43. The van der Waals surface area contributed by atoms with Crippen LogP contribution in [-0.2, 0) is 6.54 Å². The highest BCUT2D eigenvalue weighted by molar-refractivity contribution is 5.42. The van der Waals surface area contributed by atoms with E-state index in [2.05, 4.69) is 5.32 Å². The number of nitro groups is 1. The molecule has 1 fully saturated rings. The molecule has 0 saturated heterocycles. The van der Waals surface area contributed by atoms with Gasteiger partial charge < -0.3 is 10.4 Å². The van der Waals surface area contributed by atoms with Gasteiger partial charge in [-0.05, 0) is 18.9 Å². The summed E-state index contributed by atoms with van der Waals surface area (Å²) in [7, 11) is 0. The molecule has 0 bridgehead atoms. The van der Waals surface area contributed by atoms with Gasteiger partial charge in [0.1, 0.15) is 5.75 Å². The van der Waals surface area contributed by atoms with Crippen molar-refractivity contribution in [1.29, 1.82) is 0 Å². The zero-order valence-electron chi connectivity index (χ0n) is 8.14. The molecular formula is C10H12N2O3. The van der Waals surface area contributed by atoms with Crippen molar-refractivity contribution in [1.82, 2.24) is 5.32 Å². The number of nitrogens with zero attached hydrogens (tertiary/aromatic N) is 1. The first-order valence-electron chi connectivity index (χ1n) is 4.86. The fourth-order valence-corrected chi connectivity index (χ4v) is 1.37. The third-order valence-electron chi connectivity index (χ3n) is 2.43. The molecule has 1 aliphatic carbocycles. The topological polar surface area (TPSA) is 75.4 Å². The van der Waals surface area contributed by atoms with E-state index in [1.807, 2.05) is 0 Å². The molecule has 0 spiro atoms. The minimum atomic E-state index is -0.458. The van der Waals surface area contributed by atoms with Gasteiger partial charge in [-0.1, -0.05) is 0 Å². The summed E-state index contributed by atoms with van der Waals surface area (Å²) in [5, 5.41) is 23.2. The van der Waals surface area contributed by atoms with E-state index in [0.717, 1.165) is 12.8 Å². The molecule has 0 unspecified atom stereocenters. The van der Waals surface area contributed by atoms with Crippen LogP contribution in [0, 0.1) is 10.1 Å². The van der Waals surface area contributed by atoms with E-state index < -0.39 is 4.92 Å². The highest BCUT2D eigenvalue weighted by Gasteiger charge is 2.21. The van der Waals surface area contributed by atoms with E-state index in [0.29, 0.717) is 18.2 Å². The molecule has 5 heteroatoms. The Labute approximate surface area is 86.9 Å². The van der Waals surface area contributed by atoms with Crippen molar-refractivity contribution in [2.45, 2.75) is 25.4 Å². The molecule has 15 heavy (non-hydrogen) atoms. The SMILES string of the molecule is O=[N+]([O-])c1ccc(O)c(CNC2CC2)c1. The molecule has 0 aliphatic heterocycles. The summed E-state index contributed by atoms with van der Waals surface area (Å²) in [6.45, 7) is 0.484. The summed E-state index contributed by atoms with van der Waals surface area (Å²) in [5.74, 6) is 0.105. The normalized spacial score (nSPS) is 15.2. The Bertz CT molecular complexity index is 388. The first-order valence-corrected chi connectivity index (χ1v) is 4.86. The minimum Gasteiger partial charge on any atom is -0.508 e. The maximum Gasteiger partial charge on any atom is 0.270 e. The molecule has 1 aromatic rings. The lowest BCUT2D eigenvalue weighted by Gasteiger charge is -2.05. The molecule has 5 nitrogen and oxygen atoms in total. The number of benzene rings is 1. The Morgan fingerprint density at radius 3 is 2.87 bits per heavy atom. The van der Waals surface area contributed by atoms with Gasteiger partial charge in [0.05, 0.1) is 4.92 Å². The van der Waals surface area contributed by atoms with E-state index in [1.165, 1.54) is 18.2 Å². The lowest BCUT2D eigenvalue weighted by molar-refractivity contribution is -0.384. The monoisotopic (exact) mass is 208 g/mol. The molecule has 0 heterocycles. The zero-order chi connectivity index (χ0) is 10.8. The molecule has 1 aromatic carbocycles. The van der Waals surface area contributed by atoms with Gasteiger partial charge in [-0.25, -0.2) is 0 Å². The fourth-order valence-electron chi connectivity index (χ4n) is 1.37. The second kappa shape index (κ2) is 3.86. The van der Waals surface area contributed by atoms with E-state index in [1.54, 1.807) is 0 Å². The van der Waals surface area contributed by atoms with Gasteiger partial charge in [-0.15, -0.1) is 0 Å². The molecule has 0 atom stereocenters. The summed E-state index contributed by atoms with van der Waals surface area (Å²) in [6, 6.07) is 4.59. The smallest absolute Gasteiger partial charge is 0.270 e. The summed E-state index contributed by atoms with van der Waals surface area (Å²) in [5.41, 5.74) is 0.594. The molecule has 0 aromatic heterocycles. The van der Waals surface area contributed by atoms with Crippen LogP contribution in [0.25, 0.3) is 0 Å².